The second-order valence-corrected chi connectivity index (χ2v) is 9.48. The van der Waals surface area contributed by atoms with Crippen molar-refractivity contribution >= 4 is 29.3 Å². The number of nitriles is 1. The highest BCUT2D eigenvalue weighted by Crippen LogP contribution is 2.22. The molecule has 4 rings (SSSR count). The Morgan fingerprint density at radius 1 is 0.914 bits per heavy atom. The maximum Gasteiger partial charge on any atom is 0.407 e. The number of carbonyl (C=O) groups excluding carboxylic acids is 3. The molecule has 2 aliphatic heterocycles. The first-order valence-electron chi connectivity index (χ1n) is 11.8. The molecule has 0 aliphatic carbocycles. The van der Waals surface area contributed by atoms with Gasteiger partial charge in [0.05, 0.1) is 11.6 Å². The van der Waals surface area contributed by atoms with Gasteiger partial charge in [0.2, 0.25) is 11.8 Å². The van der Waals surface area contributed by atoms with Crippen molar-refractivity contribution in [3.05, 3.63) is 59.7 Å². The first kappa shape index (κ1) is 25.8. The number of amides is 3. The monoisotopic (exact) mass is 476 g/mol. The molecule has 2 aromatic rings. The van der Waals surface area contributed by atoms with Crippen LogP contribution >= 0.6 is 0 Å². The van der Waals surface area contributed by atoms with Crippen LogP contribution in [0.3, 0.4) is 0 Å². The van der Waals surface area contributed by atoms with Crippen LogP contribution in [0, 0.1) is 11.3 Å². The second kappa shape index (κ2) is 11.5. The minimum absolute atomic E-state index is 0.176. The van der Waals surface area contributed by atoms with Crippen LogP contribution in [-0.2, 0) is 20.9 Å². The highest BCUT2D eigenvalue weighted by Gasteiger charge is 2.22. The fourth-order valence-corrected chi connectivity index (χ4v) is 3.84. The molecule has 0 spiro atoms. The van der Waals surface area contributed by atoms with Gasteiger partial charge in [-0.2, -0.15) is 5.26 Å². The third-order valence-electron chi connectivity index (χ3n) is 5.54. The number of alkyl carbamates (subject to hydrolysis) is 1. The summed E-state index contributed by atoms with van der Waals surface area (Å²) in [5.74, 6) is 0.351. The Morgan fingerprint density at radius 3 is 1.80 bits per heavy atom. The molecule has 0 bridgehead atoms. The molecule has 184 valence electrons. The summed E-state index contributed by atoms with van der Waals surface area (Å²) in [6.07, 6.45) is 2.68. The minimum atomic E-state index is -0.496. The third kappa shape index (κ3) is 7.57. The maximum absolute atomic E-state index is 11.7. The summed E-state index contributed by atoms with van der Waals surface area (Å²) in [6.45, 7) is 7.47. The minimum Gasteiger partial charge on any atom is -0.444 e. The molecule has 1 N–H and O–H groups in total. The van der Waals surface area contributed by atoms with E-state index in [4.69, 9.17) is 10.00 Å². The SMILES string of the molecule is CC(C)(C)OC(=O)NCc1ccc(N2CCCC2=O)cc1.N#Cc1ccc(N2CCCC2=O)cc1. The summed E-state index contributed by atoms with van der Waals surface area (Å²) in [5.41, 5.74) is 2.91. The largest absolute Gasteiger partial charge is 0.444 e. The van der Waals surface area contributed by atoms with Crippen LogP contribution in [0.15, 0.2) is 48.5 Å². The lowest BCUT2D eigenvalue weighted by atomic mass is 10.2. The van der Waals surface area contributed by atoms with Crippen LogP contribution < -0.4 is 15.1 Å². The van der Waals surface area contributed by atoms with Gasteiger partial charge in [0, 0.05) is 43.9 Å². The number of benzene rings is 2. The first-order valence-corrected chi connectivity index (χ1v) is 11.8. The Kier molecular flexibility index (Phi) is 8.48. The van der Waals surface area contributed by atoms with Crippen LogP contribution in [0.5, 0.6) is 0 Å². The Morgan fingerprint density at radius 2 is 1.40 bits per heavy atom. The number of anilines is 2. The molecule has 35 heavy (non-hydrogen) atoms. The Hall–Kier alpha value is -3.86. The number of carbonyl (C=O) groups is 3. The number of rotatable bonds is 4. The fraction of sp³-hybridized carbons (Fsp3) is 0.407. The zero-order chi connectivity index (χ0) is 25.4. The predicted molar refractivity (Wildman–Crippen MR) is 134 cm³/mol. The highest BCUT2D eigenvalue weighted by atomic mass is 16.6. The van der Waals surface area contributed by atoms with Crippen molar-refractivity contribution in [3.63, 3.8) is 0 Å². The van der Waals surface area contributed by atoms with Crippen molar-refractivity contribution < 1.29 is 19.1 Å². The fourth-order valence-electron chi connectivity index (χ4n) is 3.84. The molecule has 0 saturated carbocycles. The standard InChI is InChI=1S/C16H22N2O3.C11H10N2O/c1-16(2,3)21-15(20)17-11-12-6-8-13(9-7-12)18-10-4-5-14(18)19;12-8-9-3-5-10(6-4-9)13-7-1-2-11(13)14/h6-9H,4-5,10-11H2,1-3H3,(H,17,20);3-6H,1-2,7H2. The van der Waals surface area contributed by atoms with Crippen LogP contribution in [0.2, 0.25) is 0 Å². The molecule has 2 saturated heterocycles. The van der Waals surface area contributed by atoms with Crippen LogP contribution in [0.25, 0.3) is 0 Å². The van der Waals surface area contributed by atoms with Crippen molar-refractivity contribution in [3.8, 4) is 6.07 Å². The molecule has 3 amide bonds. The van der Waals surface area contributed by atoms with E-state index >= 15 is 0 Å². The lowest BCUT2D eigenvalue weighted by molar-refractivity contribution is -0.117. The molecular formula is C27H32N4O4. The van der Waals surface area contributed by atoms with E-state index in [1.54, 1.807) is 21.9 Å². The molecule has 0 aromatic heterocycles. The van der Waals surface area contributed by atoms with Crippen molar-refractivity contribution in [2.24, 2.45) is 0 Å². The van der Waals surface area contributed by atoms with Crippen molar-refractivity contribution in [1.29, 1.82) is 5.26 Å². The van der Waals surface area contributed by atoms with E-state index in [0.29, 0.717) is 24.9 Å². The molecule has 2 fully saturated rings. The zero-order valence-electron chi connectivity index (χ0n) is 20.5. The molecule has 8 nitrogen and oxygen atoms in total. The molecular weight excluding hydrogens is 444 g/mol. The quantitative estimate of drug-likeness (QED) is 0.699. The van der Waals surface area contributed by atoms with E-state index < -0.39 is 11.7 Å². The Labute approximate surface area is 206 Å². The Balaban J connectivity index is 0.000000211. The third-order valence-corrected chi connectivity index (χ3v) is 5.54. The van der Waals surface area contributed by atoms with Crippen molar-refractivity contribution in [2.75, 3.05) is 22.9 Å². The lowest BCUT2D eigenvalue weighted by Crippen LogP contribution is -2.32. The molecule has 8 heteroatoms. The van der Waals surface area contributed by atoms with Crippen molar-refractivity contribution in [2.45, 2.75) is 58.6 Å². The van der Waals surface area contributed by atoms with E-state index in [2.05, 4.69) is 11.4 Å². The van der Waals surface area contributed by atoms with Gasteiger partial charge in [-0.25, -0.2) is 4.79 Å². The summed E-state index contributed by atoms with van der Waals surface area (Å²) < 4.78 is 5.18. The summed E-state index contributed by atoms with van der Waals surface area (Å²) in [5, 5.41) is 11.3. The average Bonchev–Trinajstić information content (AvgIpc) is 3.45. The van der Waals surface area contributed by atoms with E-state index in [1.807, 2.05) is 57.2 Å². The van der Waals surface area contributed by atoms with E-state index in [-0.39, 0.29) is 11.8 Å². The second-order valence-electron chi connectivity index (χ2n) is 9.48. The van der Waals surface area contributed by atoms with Gasteiger partial charge < -0.3 is 19.9 Å². The summed E-state index contributed by atoms with van der Waals surface area (Å²) >= 11 is 0. The van der Waals surface area contributed by atoms with Crippen molar-refractivity contribution in [1.82, 2.24) is 5.32 Å². The molecule has 2 aliphatic rings. The van der Waals surface area contributed by atoms with Gasteiger partial charge in [-0.1, -0.05) is 12.1 Å². The number of hydrogen-bond acceptors (Lipinski definition) is 5. The number of nitrogens with one attached hydrogen (secondary N) is 1. The Bertz CT molecular complexity index is 1080. The molecule has 0 atom stereocenters. The van der Waals surface area contributed by atoms with E-state index in [0.717, 1.165) is 42.9 Å². The van der Waals surface area contributed by atoms with Crippen LogP contribution in [-0.4, -0.2) is 36.6 Å². The first-order chi connectivity index (χ1) is 16.7. The summed E-state index contributed by atoms with van der Waals surface area (Å²) in [7, 11) is 0. The van der Waals surface area contributed by atoms with Crippen LogP contribution in [0.4, 0.5) is 16.2 Å². The molecule has 2 aromatic carbocycles. The van der Waals surface area contributed by atoms with Gasteiger partial charge in [-0.3, -0.25) is 9.59 Å². The topological polar surface area (TPSA) is 103 Å². The summed E-state index contributed by atoms with van der Waals surface area (Å²) in [6, 6.07) is 16.8. The lowest BCUT2D eigenvalue weighted by Gasteiger charge is -2.20. The zero-order valence-corrected chi connectivity index (χ0v) is 20.5. The van der Waals surface area contributed by atoms with E-state index in [9.17, 15) is 14.4 Å². The van der Waals surface area contributed by atoms with Gasteiger partial charge in [0.1, 0.15) is 5.60 Å². The average molecular weight is 477 g/mol. The van der Waals surface area contributed by atoms with Gasteiger partial charge in [-0.05, 0) is 75.6 Å². The molecule has 2 heterocycles. The van der Waals surface area contributed by atoms with Crippen LogP contribution in [0.1, 0.15) is 57.6 Å². The smallest absolute Gasteiger partial charge is 0.407 e. The number of hydrogen-bond donors (Lipinski definition) is 1. The van der Waals surface area contributed by atoms with Gasteiger partial charge in [0.15, 0.2) is 0 Å². The maximum atomic E-state index is 11.7. The predicted octanol–water partition coefficient (Wildman–Crippen LogP) is 4.52. The number of nitrogens with zero attached hydrogens (tertiary/aromatic N) is 3. The highest BCUT2D eigenvalue weighted by molar-refractivity contribution is 5.95. The van der Waals surface area contributed by atoms with Gasteiger partial charge >= 0.3 is 6.09 Å². The normalized spacial score (nSPS) is 15.4. The molecule has 0 unspecified atom stereocenters. The molecule has 0 radical (unpaired) electrons. The van der Waals surface area contributed by atoms with Gasteiger partial charge in [0.25, 0.3) is 0 Å². The summed E-state index contributed by atoms with van der Waals surface area (Å²) in [4.78, 5) is 38.2. The van der Waals surface area contributed by atoms with Gasteiger partial charge in [-0.15, -0.1) is 0 Å². The number of ether oxygens (including phenoxy) is 1. The van der Waals surface area contributed by atoms with E-state index in [1.165, 1.54) is 0 Å².